The Balaban J connectivity index is 2.49. The highest BCUT2D eigenvalue weighted by molar-refractivity contribution is 14.1. The fourth-order valence-electron chi connectivity index (χ4n) is 1.76. The molecule has 0 aliphatic heterocycles. The van der Waals surface area contributed by atoms with Crippen LogP contribution in [-0.2, 0) is 4.79 Å². The third-order valence-corrected chi connectivity index (χ3v) is 5.01. The third-order valence-electron chi connectivity index (χ3n) is 3.01. The van der Waals surface area contributed by atoms with Crippen LogP contribution in [0.4, 0.5) is 0 Å². The molecule has 1 atom stereocenters. The van der Waals surface area contributed by atoms with Crippen molar-refractivity contribution in [2.24, 2.45) is 5.92 Å². The van der Waals surface area contributed by atoms with Gasteiger partial charge in [0.25, 0.3) is 5.91 Å². The molecule has 1 aromatic carbocycles. The number of carboxylic acid groups (broad SMARTS) is 1. The normalized spacial score (nSPS) is 12.0. The van der Waals surface area contributed by atoms with Crippen molar-refractivity contribution in [2.45, 2.75) is 26.2 Å². The van der Waals surface area contributed by atoms with Crippen LogP contribution >= 0.6 is 45.8 Å². The summed E-state index contributed by atoms with van der Waals surface area (Å²) in [6.45, 7) is 2.45. The van der Waals surface area contributed by atoms with Crippen molar-refractivity contribution in [1.82, 2.24) is 5.32 Å². The third kappa shape index (κ3) is 6.40. The summed E-state index contributed by atoms with van der Waals surface area (Å²) < 4.78 is 0.662. The first-order chi connectivity index (χ1) is 9.81. The lowest BCUT2D eigenvalue weighted by atomic mass is 10.0. The lowest BCUT2D eigenvalue weighted by molar-refractivity contribution is -0.137. The maximum Gasteiger partial charge on any atom is 0.303 e. The molecule has 7 heteroatoms. The van der Waals surface area contributed by atoms with Gasteiger partial charge in [-0.25, -0.2) is 0 Å². The highest BCUT2D eigenvalue weighted by Crippen LogP contribution is 2.26. The van der Waals surface area contributed by atoms with E-state index in [1.165, 1.54) is 0 Å². The topological polar surface area (TPSA) is 66.4 Å². The number of benzene rings is 1. The standard InChI is InChI=1S/C14H16Cl2INO3/c1-8(2-3-12(19)20)4-5-18-14(21)10-6-9(15)7-11(16)13(10)17/h6-8H,2-5H2,1H3,(H,18,21)(H,19,20). The molecular formula is C14H16Cl2INO3. The Labute approximate surface area is 147 Å². The van der Waals surface area contributed by atoms with E-state index in [0.29, 0.717) is 32.1 Å². The zero-order valence-corrected chi connectivity index (χ0v) is 15.1. The van der Waals surface area contributed by atoms with Crippen LogP contribution in [0.15, 0.2) is 12.1 Å². The number of hydrogen-bond acceptors (Lipinski definition) is 2. The highest BCUT2D eigenvalue weighted by Gasteiger charge is 2.14. The number of carbonyl (C=O) groups is 2. The zero-order chi connectivity index (χ0) is 16.0. The minimum Gasteiger partial charge on any atom is -0.481 e. The van der Waals surface area contributed by atoms with E-state index in [-0.39, 0.29) is 18.2 Å². The summed E-state index contributed by atoms with van der Waals surface area (Å²) in [6.07, 6.45) is 1.48. The van der Waals surface area contributed by atoms with Gasteiger partial charge in [0.15, 0.2) is 0 Å². The van der Waals surface area contributed by atoms with E-state index in [0.717, 1.165) is 6.42 Å². The van der Waals surface area contributed by atoms with Gasteiger partial charge in [-0.15, -0.1) is 0 Å². The van der Waals surface area contributed by atoms with Crippen molar-refractivity contribution < 1.29 is 14.7 Å². The van der Waals surface area contributed by atoms with E-state index in [1.807, 2.05) is 29.5 Å². The Hall–Kier alpha value is -0.530. The number of hydrogen-bond donors (Lipinski definition) is 2. The summed E-state index contributed by atoms with van der Waals surface area (Å²) in [6, 6.07) is 3.17. The van der Waals surface area contributed by atoms with Crippen LogP contribution in [0.25, 0.3) is 0 Å². The summed E-state index contributed by atoms with van der Waals surface area (Å²) in [5.74, 6) is -0.785. The van der Waals surface area contributed by atoms with Crippen molar-refractivity contribution in [2.75, 3.05) is 6.54 Å². The maximum absolute atomic E-state index is 12.1. The Morgan fingerprint density at radius 2 is 2.00 bits per heavy atom. The van der Waals surface area contributed by atoms with E-state index < -0.39 is 5.97 Å². The molecule has 0 bridgehead atoms. The number of carbonyl (C=O) groups excluding carboxylic acids is 1. The molecule has 0 saturated heterocycles. The van der Waals surface area contributed by atoms with Crippen molar-refractivity contribution in [3.8, 4) is 0 Å². The molecule has 0 heterocycles. The van der Waals surface area contributed by atoms with Gasteiger partial charge in [0, 0.05) is 21.6 Å². The molecule has 0 spiro atoms. The molecule has 0 fully saturated rings. The fraction of sp³-hybridized carbons (Fsp3) is 0.429. The lowest BCUT2D eigenvalue weighted by Gasteiger charge is -2.12. The number of rotatable bonds is 7. The number of nitrogens with one attached hydrogen (secondary N) is 1. The van der Waals surface area contributed by atoms with Crippen molar-refractivity contribution >= 4 is 57.7 Å². The molecular weight excluding hydrogens is 428 g/mol. The minimum atomic E-state index is -0.797. The predicted molar refractivity (Wildman–Crippen MR) is 92.2 cm³/mol. The van der Waals surface area contributed by atoms with Crippen LogP contribution in [-0.4, -0.2) is 23.5 Å². The maximum atomic E-state index is 12.1. The molecule has 21 heavy (non-hydrogen) atoms. The molecule has 1 aromatic rings. The number of aliphatic carboxylic acids is 1. The minimum absolute atomic E-state index is 0.150. The molecule has 116 valence electrons. The Morgan fingerprint density at radius 1 is 1.33 bits per heavy atom. The Kier molecular flexibility index (Phi) is 7.76. The number of amides is 1. The number of halogens is 3. The van der Waals surface area contributed by atoms with Gasteiger partial charge >= 0.3 is 5.97 Å². The van der Waals surface area contributed by atoms with Crippen LogP contribution in [0.3, 0.4) is 0 Å². The van der Waals surface area contributed by atoms with Gasteiger partial charge in [-0.2, -0.15) is 0 Å². The van der Waals surface area contributed by atoms with E-state index >= 15 is 0 Å². The van der Waals surface area contributed by atoms with Gasteiger partial charge in [-0.05, 0) is 53.5 Å². The van der Waals surface area contributed by atoms with Crippen LogP contribution in [0.1, 0.15) is 36.5 Å². The molecule has 0 radical (unpaired) electrons. The lowest BCUT2D eigenvalue weighted by Crippen LogP contribution is -2.26. The number of carboxylic acids is 1. The second-order valence-electron chi connectivity index (χ2n) is 4.83. The van der Waals surface area contributed by atoms with Gasteiger partial charge in [0.1, 0.15) is 0 Å². The molecule has 0 aromatic heterocycles. The second kappa shape index (κ2) is 8.80. The van der Waals surface area contributed by atoms with Gasteiger partial charge in [0.05, 0.1) is 10.6 Å². The molecule has 1 unspecified atom stereocenters. The van der Waals surface area contributed by atoms with E-state index in [1.54, 1.807) is 12.1 Å². The highest BCUT2D eigenvalue weighted by atomic mass is 127. The van der Waals surface area contributed by atoms with Gasteiger partial charge in [0.2, 0.25) is 0 Å². The zero-order valence-electron chi connectivity index (χ0n) is 11.5. The monoisotopic (exact) mass is 443 g/mol. The van der Waals surface area contributed by atoms with Crippen molar-refractivity contribution in [3.63, 3.8) is 0 Å². The first-order valence-corrected chi connectivity index (χ1v) is 8.29. The predicted octanol–water partition coefficient (Wildman–Crippen LogP) is 4.22. The SMILES string of the molecule is CC(CCNC(=O)c1cc(Cl)cc(Cl)c1I)CCC(=O)O. The fourth-order valence-corrected chi connectivity index (χ4v) is 2.81. The first kappa shape index (κ1) is 18.5. The molecule has 0 aliphatic rings. The van der Waals surface area contributed by atoms with Crippen LogP contribution in [0, 0.1) is 9.49 Å². The van der Waals surface area contributed by atoms with Crippen molar-refractivity contribution in [1.29, 1.82) is 0 Å². The van der Waals surface area contributed by atoms with Gasteiger partial charge in [-0.1, -0.05) is 30.1 Å². The smallest absolute Gasteiger partial charge is 0.303 e. The molecule has 0 saturated carbocycles. The summed E-state index contributed by atoms with van der Waals surface area (Å²) in [7, 11) is 0. The average molecular weight is 444 g/mol. The van der Waals surface area contributed by atoms with E-state index in [9.17, 15) is 9.59 Å². The van der Waals surface area contributed by atoms with Crippen molar-refractivity contribution in [3.05, 3.63) is 31.3 Å². The van der Waals surface area contributed by atoms with Crippen LogP contribution in [0.2, 0.25) is 10.0 Å². The molecule has 2 N–H and O–H groups in total. The van der Waals surface area contributed by atoms with E-state index in [2.05, 4.69) is 5.32 Å². The molecule has 1 amide bonds. The quantitative estimate of drug-likeness (QED) is 0.489. The summed E-state index contributed by atoms with van der Waals surface area (Å²) >= 11 is 13.9. The van der Waals surface area contributed by atoms with E-state index in [4.69, 9.17) is 28.3 Å². The second-order valence-corrected chi connectivity index (χ2v) is 6.75. The summed E-state index contributed by atoms with van der Waals surface area (Å²) in [5, 5.41) is 12.3. The Bertz CT molecular complexity index is 537. The summed E-state index contributed by atoms with van der Waals surface area (Å²) in [4.78, 5) is 22.6. The molecule has 1 rings (SSSR count). The van der Waals surface area contributed by atoms with Crippen LogP contribution in [0.5, 0.6) is 0 Å². The largest absolute Gasteiger partial charge is 0.481 e. The first-order valence-electron chi connectivity index (χ1n) is 6.45. The van der Waals surface area contributed by atoms with Gasteiger partial charge < -0.3 is 10.4 Å². The molecule has 4 nitrogen and oxygen atoms in total. The van der Waals surface area contributed by atoms with Gasteiger partial charge in [-0.3, -0.25) is 9.59 Å². The Morgan fingerprint density at radius 3 is 2.62 bits per heavy atom. The average Bonchev–Trinajstić information content (AvgIpc) is 2.40. The summed E-state index contributed by atoms with van der Waals surface area (Å²) in [5.41, 5.74) is 0.450. The van der Waals surface area contributed by atoms with Crippen LogP contribution < -0.4 is 5.32 Å². The molecule has 0 aliphatic carbocycles.